The van der Waals surface area contributed by atoms with E-state index in [1.54, 1.807) is 13.8 Å². The summed E-state index contributed by atoms with van der Waals surface area (Å²) in [4.78, 5) is 4.02. The van der Waals surface area contributed by atoms with Crippen molar-refractivity contribution in [1.82, 2.24) is 9.71 Å². The molecule has 1 rings (SSSR count). The second-order valence-electron chi connectivity index (χ2n) is 2.67. The molecule has 13 heavy (non-hydrogen) atoms. The van der Waals surface area contributed by atoms with Crippen LogP contribution < -0.4 is 10.2 Å². The summed E-state index contributed by atoms with van der Waals surface area (Å²) >= 11 is 0. The molecule has 0 atom stereocenters. The minimum absolute atomic E-state index is 0.0631. The summed E-state index contributed by atoms with van der Waals surface area (Å²) in [6.07, 6.45) is 0. The van der Waals surface area contributed by atoms with Crippen LogP contribution in [0, 0.1) is 19.3 Å². The molecule has 0 aliphatic rings. The molecule has 2 N–H and O–H groups in total. The van der Waals surface area contributed by atoms with Gasteiger partial charge in [0, 0.05) is 0 Å². The van der Waals surface area contributed by atoms with Crippen molar-refractivity contribution in [3.63, 3.8) is 0 Å². The number of rotatable bonds is 2. The van der Waals surface area contributed by atoms with Crippen LogP contribution in [0.4, 0.5) is 0 Å². The third-order valence-corrected chi connectivity index (χ3v) is 1.68. The molecule has 0 radical (unpaired) electrons. The van der Waals surface area contributed by atoms with Gasteiger partial charge in [-0.3, -0.25) is 5.41 Å². The lowest BCUT2D eigenvalue weighted by Crippen LogP contribution is -2.24. The van der Waals surface area contributed by atoms with Gasteiger partial charge in [-0.2, -0.15) is 4.73 Å². The van der Waals surface area contributed by atoms with Crippen molar-refractivity contribution in [3.8, 4) is 5.75 Å². The van der Waals surface area contributed by atoms with Crippen LogP contribution >= 0.6 is 0 Å². The van der Waals surface area contributed by atoms with E-state index in [-0.39, 0.29) is 5.49 Å². The SMILES string of the molecule is CCOc1c(C)nc(C)n(O)c1=N. The monoisotopic (exact) mass is 183 g/mol. The molecule has 0 saturated heterocycles. The zero-order valence-corrected chi connectivity index (χ0v) is 7.96. The lowest BCUT2D eigenvalue weighted by Gasteiger charge is -2.09. The quantitative estimate of drug-likeness (QED) is 0.660. The standard InChI is InChI=1S/C8H13N3O2/c1-4-13-7-5(2)10-6(3)11(12)8(7)9/h9,12H,4H2,1-3H3. The first kappa shape index (κ1) is 9.57. The normalized spacial score (nSPS) is 10.1. The Morgan fingerprint density at radius 2 is 2.15 bits per heavy atom. The van der Waals surface area contributed by atoms with Crippen molar-refractivity contribution in [2.24, 2.45) is 0 Å². The molecule has 1 aromatic rings. The summed E-state index contributed by atoms with van der Waals surface area (Å²) in [7, 11) is 0. The molecule has 0 saturated carbocycles. The van der Waals surface area contributed by atoms with Crippen LogP contribution in [0.5, 0.6) is 5.75 Å². The number of nitrogens with one attached hydrogen (secondary N) is 1. The highest BCUT2D eigenvalue weighted by Gasteiger charge is 2.08. The van der Waals surface area contributed by atoms with Gasteiger partial charge in [0.05, 0.1) is 12.3 Å². The average molecular weight is 183 g/mol. The lowest BCUT2D eigenvalue weighted by molar-refractivity contribution is 0.151. The van der Waals surface area contributed by atoms with Gasteiger partial charge in [0.25, 0.3) is 0 Å². The van der Waals surface area contributed by atoms with Gasteiger partial charge in [0.1, 0.15) is 5.82 Å². The maximum atomic E-state index is 9.32. The summed E-state index contributed by atoms with van der Waals surface area (Å²) in [6.45, 7) is 5.65. The smallest absolute Gasteiger partial charge is 0.207 e. The van der Waals surface area contributed by atoms with E-state index >= 15 is 0 Å². The average Bonchev–Trinajstić information content (AvgIpc) is 2.09. The van der Waals surface area contributed by atoms with Gasteiger partial charge in [-0.15, -0.1) is 0 Å². The first-order chi connectivity index (χ1) is 6.07. The Bertz CT molecular complexity index is 370. The second-order valence-corrected chi connectivity index (χ2v) is 2.67. The predicted molar refractivity (Wildman–Crippen MR) is 45.9 cm³/mol. The largest absolute Gasteiger partial charge is 0.488 e. The highest BCUT2D eigenvalue weighted by molar-refractivity contribution is 5.22. The zero-order chi connectivity index (χ0) is 10.0. The summed E-state index contributed by atoms with van der Waals surface area (Å²) < 4.78 is 5.88. The van der Waals surface area contributed by atoms with E-state index in [0.29, 0.717) is 28.6 Å². The molecule has 0 aromatic carbocycles. The van der Waals surface area contributed by atoms with E-state index in [2.05, 4.69) is 4.98 Å². The molecule has 0 aliphatic heterocycles. The number of hydrogen-bond acceptors (Lipinski definition) is 4. The van der Waals surface area contributed by atoms with E-state index in [4.69, 9.17) is 10.1 Å². The molecule has 0 unspecified atom stereocenters. The van der Waals surface area contributed by atoms with E-state index in [1.165, 1.54) is 0 Å². The van der Waals surface area contributed by atoms with Crippen LogP contribution in [0.15, 0.2) is 0 Å². The Hall–Kier alpha value is -1.52. The maximum Gasteiger partial charge on any atom is 0.207 e. The number of nitrogens with zero attached hydrogens (tertiary/aromatic N) is 2. The first-order valence-electron chi connectivity index (χ1n) is 4.04. The molecule has 0 bridgehead atoms. The van der Waals surface area contributed by atoms with Crippen molar-refractivity contribution in [2.45, 2.75) is 20.8 Å². The Labute approximate surface area is 76.1 Å². The molecule has 72 valence electrons. The minimum Gasteiger partial charge on any atom is -0.488 e. The molecule has 0 spiro atoms. The van der Waals surface area contributed by atoms with Crippen molar-refractivity contribution in [1.29, 1.82) is 5.41 Å². The highest BCUT2D eigenvalue weighted by Crippen LogP contribution is 2.08. The molecule has 5 nitrogen and oxygen atoms in total. The molecule has 1 aromatic heterocycles. The van der Waals surface area contributed by atoms with Gasteiger partial charge < -0.3 is 9.94 Å². The van der Waals surface area contributed by atoms with Crippen LogP contribution in [-0.2, 0) is 0 Å². The van der Waals surface area contributed by atoms with E-state index in [1.807, 2.05) is 6.92 Å². The van der Waals surface area contributed by atoms with E-state index < -0.39 is 0 Å². The van der Waals surface area contributed by atoms with E-state index in [0.717, 1.165) is 0 Å². The summed E-state index contributed by atoms with van der Waals surface area (Å²) in [5.74, 6) is 0.710. The number of aromatic nitrogens is 2. The minimum atomic E-state index is -0.0631. The van der Waals surface area contributed by atoms with Crippen LogP contribution in [0.3, 0.4) is 0 Å². The fourth-order valence-corrected chi connectivity index (χ4v) is 1.09. The molecule has 5 heteroatoms. The summed E-state index contributed by atoms with van der Waals surface area (Å²) in [5, 5.41) is 16.9. The topological polar surface area (TPSA) is 71.1 Å². The molecular formula is C8H13N3O2. The zero-order valence-electron chi connectivity index (χ0n) is 7.96. The molecule has 0 amide bonds. The van der Waals surface area contributed by atoms with Gasteiger partial charge in [-0.1, -0.05) is 0 Å². The molecule has 0 fully saturated rings. The van der Waals surface area contributed by atoms with Crippen LogP contribution in [-0.4, -0.2) is 21.5 Å². The predicted octanol–water partition coefficient (Wildman–Crippen LogP) is 0.615. The van der Waals surface area contributed by atoms with Gasteiger partial charge in [0.2, 0.25) is 5.49 Å². The van der Waals surface area contributed by atoms with Gasteiger partial charge in [-0.25, -0.2) is 4.98 Å². The van der Waals surface area contributed by atoms with Crippen LogP contribution in [0.2, 0.25) is 0 Å². The van der Waals surface area contributed by atoms with Gasteiger partial charge in [0.15, 0.2) is 5.75 Å². The number of ether oxygens (including phenoxy) is 1. The van der Waals surface area contributed by atoms with Crippen molar-refractivity contribution >= 4 is 0 Å². The first-order valence-corrected chi connectivity index (χ1v) is 4.04. The molecule has 1 heterocycles. The van der Waals surface area contributed by atoms with Gasteiger partial charge in [-0.05, 0) is 20.8 Å². The second kappa shape index (κ2) is 3.47. The number of hydrogen-bond donors (Lipinski definition) is 2. The Balaban J connectivity index is 3.35. The van der Waals surface area contributed by atoms with E-state index in [9.17, 15) is 5.21 Å². The number of aryl methyl sites for hydroxylation is 2. The fourth-order valence-electron chi connectivity index (χ4n) is 1.09. The van der Waals surface area contributed by atoms with Crippen molar-refractivity contribution in [2.75, 3.05) is 6.61 Å². The van der Waals surface area contributed by atoms with Crippen molar-refractivity contribution in [3.05, 3.63) is 17.0 Å². The Morgan fingerprint density at radius 1 is 1.54 bits per heavy atom. The highest BCUT2D eigenvalue weighted by atomic mass is 16.5. The fraction of sp³-hybridized carbons (Fsp3) is 0.500. The summed E-state index contributed by atoms with van der Waals surface area (Å²) in [5.41, 5.74) is 0.557. The van der Waals surface area contributed by atoms with Crippen molar-refractivity contribution < 1.29 is 9.94 Å². The summed E-state index contributed by atoms with van der Waals surface area (Å²) in [6, 6.07) is 0. The van der Waals surface area contributed by atoms with Crippen LogP contribution in [0.1, 0.15) is 18.4 Å². The van der Waals surface area contributed by atoms with Crippen LogP contribution in [0.25, 0.3) is 0 Å². The lowest BCUT2D eigenvalue weighted by atomic mass is 10.4. The Morgan fingerprint density at radius 3 is 2.69 bits per heavy atom. The molecular weight excluding hydrogens is 170 g/mol. The third kappa shape index (κ3) is 1.63. The third-order valence-electron chi connectivity index (χ3n) is 1.68. The Kier molecular flexibility index (Phi) is 2.55. The van der Waals surface area contributed by atoms with Gasteiger partial charge >= 0.3 is 0 Å². The molecule has 0 aliphatic carbocycles. The maximum absolute atomic E-state index is 9.32.